The third-order valence-corrected chi connectivity index (χ3v) is 4.48. The third-order valence-electron chi connectivity index (χ3n) is 3.90. The van der Waals surface area contributed by atoms with E-state index in [1.54, 1.807) is 13.0 Å². The number of aryl methyl sites for hydroxylation is 1. The van der Waals surface area contributed by atoms with Crippen LogP contribution in [0.2, 0.25) is 0 Å². The zero-order valence-electron chi connectivity index (χ0n) is 11.2. The van der Waals surface area contributed by atoms with E-state index in [9.17, 15) is 18.8 Å². The van der Waals surface area contributed by atoms with E-state index in [0.717, 1.165) is 0 Å². The number of nitrogens with zero attached hydrogens (tertiary/aromatic N) is 1. The highest BCUT2D eigenvalue weighted by molar-refractivity contribution is 9.10. The van der Waals surface area contributed by atoms with Crippen molar-refractivity contribution in [3.05, 3.63) is 33.0 Å². The lowest BCUT2D eigenvalue weighted by Gasteiger charge is -2.29. The molecule has 1 fully saturated rings. The van der Waals surface area contributed by atoms with Crippen molar-refractivity contribution in [2.24, 2.45) is 0 Å². The van der Waals surface area contributed by atoms with Gasteiger partial charge in [-0.3, -0.25) is 19.7 Å². The number of carbonyl (C=O) groups is 3. The molecule has 2 aliphatic heterocycles. The van der Waals surface area contributed by atoms with E-state index in [2.05, 4.69) is 21.2 Å². The number of fused-ring (bicyclic) bond motifs is 1. The van der Waals surface area contributed by atoms with Crippen LogP contribution in [0.3, 0.4) is 0 Å². The molecule has 110 valence electrons. The molecule has 3 rings (SSSR count). The molecule has 3 amide bonds. The number of amides is 3. The minimum Gasteiger partial charge on any atom is -0.322 e. The molecule has 2 heterocycles. The molecule has 1 unspecified atom stereocenters. The molecule has 0 bridgehead atoms. The Morgan fingerprint density at radius 2 is 2.10 bits per heavy atom. The van der Waals surface area contributed by atoms with E-state index in [-0.39, 0.29) is 31.2 Å². The quantitative estimate of drug-likeness (QED) is 0.780. The fourth-order valence-corrected chi connectivity index (χ4v) is 3.46. The lowest BCUT2D eigenvalue weighted by Crippen LogP contribution is -2.52. The van der Waals surface area contributed by atoms with Crippen LogP contribution in [0.1, 0.15) is 34.3 Å². The number of piperidine rings is 1. The van der Waals surface area contributed by atoms with Gasteiger partial charge in [0.1, 0.15) is 11.9 Å². The van der Waals surface area contributed by atoms with Gasteiger partial charge in [0.15, 0.2) is 0 Å². The van der Waals surface area contributed by atoms with Gasteiger partial charge in [-0.15, -0.1) is 0 Å². The monoisotopic (exact) mass is 354 g/mol. The van der Waals surface area contributed by atoms with Crippen LogP contribution < -0.4 is 5.32 Å². The first-order chi connectivity index (χ1) is 9.90. The first kappa shape index (κ1) is 14.2. The number of hydrogen-bond donors (Lipinski definition) is 1. The molecule has 2 aliphatic rings. The van der Waals surface area contributed by atoms with E-state index in [1.807, 2.05) is 0 Å². The van der Waals surface area contributed by atoms with Crippen LogP contribution in [0.4, 0.5) is 4.39 Å². The Hall–Kier alpha value is -1.76. The van der Waals surface area contributed by atoms with Gasteiger partial charge in [-0.2, -0.15) is 0 Å². The van der Waals surface area contributed by atoms with E-state index in [4.69, 9.17) is 0 Å². The summed E-state index contributed by atoms with van der Waals surface area (Å²) in [6.45, 7) is 1.78. The Bertz CT molecular complexity index is 689. The summed E-state index contributed by atoms with van der Waals surface area (Å²) < 4.78 is 14.5. The molecule has 1 aromatic carbocycles. The summed E-state index contributed by atoms with van der Waals surface area (Å²) in [4.78, 5) is 36.9. The molecule has 0 radical (unpaired) electrons. The molecule has 0 aliphatic carbocycles. The van der Waals surface area contributed by atoms with Crippen LogP contribution in [0, 0.1) is 12.7 Å². The molecule has 1 N–H and O–H groups in total. The van der Waals surface area contributed by atoms with Crippen molar-refractivity contribution >= 4 is 33.7 Å². The molecule has 7 heteroatoms. The van der Waals surface area contributed by atoms with Gasteiger partial charge in [0.05, 0.1) is 16.6 Å². The summed E-state index contributed by atoms with van der Waals surface area (Å²) in [6, 6.07) is 0.834. The lowest BCUT2D eigenvalue weighted by atomic mass is 10.0. The van der Waals surface area contributed by atoms with Gasteiger partial charge in [0, 0.05) is 12.0 Å². The summed E-state index contributed by atoms with van der Waals surface area (Å²) in [6.07, 6.45) is 0.452. The summed E-state index contributed by atoms with van der Waals surface area (Å²) >= 11 is 3.13. The fraction of sp³-hybridized carbons (Fsp3) is 0.357. The maximum absolute atomic E-state index is 14.2. The summed E-state index contributed by atoms with van der Waals surface area (Å²) in [7, 11) is 0. The van der Waals surface area contributed by atoms with Crippen molar-refractivity contribution in [2.75, 3.05) is 0 Å². The number of imide groups is 1. The largest absolute Gasteiger partial charge is 0.322 e. The van der Waals surface area contributed by atoms with Gasteiger partial charge < -0.3 is 4.90 Å². The van der Waals surface area contributed by atoms with Gasteiger partial charge in [-0.25, -0.2) is 4.39 Å². The summed E-state index contributed by atoms with van der Waals surface area (Å²) in [5, 5.41) is 2.22. The molecule has 1 atom stereocenters. The average molecular weight is 355 g/mol. The highest BCUT2D eigenvalue weighted by atomic mass is 79.9. The third kappa shape index (κ3) is 2.16. The van der Waals surface area contributed by atoms with E-state index in [0.29, 0.717) is 21.2 Å². The molecule has 1 saturated heterocycles. The Morgan fingerprint density at radius 3 is 2.76 bits per heavy atom. The molecule has 5 nitrogen and oxygen atoms in total. The van der Waals surface area contributed by atoms with Crippen molar-refractivity contribution in [3.63, 3.8) is 0 Å². The van der Waals surface area contributed by atoms with Crippen molar-refractivity contribution in [2.45, 2.75) is 32.4 Å². The first-order valence-electron chi connectivity index (χ1n) is 6.52. The SMILES string of the molecule is Cc1cc(Br)c(F)c2c1C(=O)N(C1CCC(=O)NC1=O)C2. The predicted octanol–water partition coefficient (Wildman–Crippen LogP) is 1.66. The molecule has 0 aromatic heterocycles. The summed E-state index contributed by atoms with van der Waals surface area (Å²) in [5.41, 5.74) is 1.29. The number of carbonyl (C=O) groups excluding carboxylic acids is 3. The van der Waals surface area contributed by atoms with Gasteiger partial charge in [0.25, 0.3) is 5.91 Å². The average Bonchev–Trinajstić information content (AvgIpc) is 2.75. The van der Waals surface area contributed by atoms with Crippen LogP contribution in [0.5, 0.6) is 0 Å². The van der Waals surface area contributed by atoms with Crippen molar-refractivity contribution in [1.29, 1.82) is 0 Å². The van der Waals surface area contributed by atoms with E-state index < -0.39 is 17.8 Å². The topological polar surface area (TPSA) is 66.5 Å². The minimum absolute atomic E-state index is 0.0482. The van der Waals surface area contributed by atoms with Gasteiger partial charge in [0.2, 0.25) is 11.8 Å². The van der Waals surface area contributed by atoms with Crippen LogP contribution in [0.25, 0.3) is 0 Å². The fourth-order valence-electron chi connectivity index (χ4n) is 2.88. The molecular formula is C14H12BrFN2O3. The first-order valence-corrected chi connectivity index (χ1v) is 7.31. The van der Waals surface area contributed by atoms with Crippen LogP contribution in [-0.4, -0.2) is 28.7 Å². The molecule has 0 saturated carbocycles. The second-order valence-corrected chi connectivity index (χ2v) is 6.10. The Morgan fingerprint density at radius 1 is 1.38 bits per heavy atom. The van der Waals surface area contributed by atoms with Gasteiger partial charge in [-0.05, 0) is 40.9 Å². The molecule has 0 spiro atoms. The maximum Gasteiger partial charge on any atom is 0.255 e. The Labute approximate surface area is 128 Å². The normalized spacial score (nSPS) is 21.6. The highest BCUT2D eigenvalue weighted by Crippen LogP contribution is 2.34. The standard InChI is InChI=1S/C14H12BrFN2O3/c1-6-4-8(15)12(16)7-5-18(14(21)11(6)7)9-2-3-10(19)17-13(9)20/h4,9H,2-3,5H2,1H3,(H,17,19,20). The maximum atomic E-state index is 14.2. The van der Waals surface area contributed by atoms with Gasteiger partial charge in [-0.1, -0.05) is 0 Å². The second-order valence-electron chi connectivity index (χ2n) is 5.24. The van der Waals surface area contributed by atoms with Crippen LogP contribution >= 0.6 is 15.9 Å². The smallest absolute Gasteiger partial charge is 0.255 e. The Balaban J connectivity index is 1.97. The number of benzene rings is 1. The van der Waals surface area contributed by atoms with Crippen molar-refractivity contribution < 1.29 is 18.8 Å². The highest BCUT2D eigenvalue weighted by Gasteiger charge is 2.41. The molecule has 1 aromatic rings. The Kier molecular flexibility index (Phi) is 3.32. The van der Waals surface area contributed by atoms with Crippen LogP contribution in [-0.2, 0) is 16.1 Å². The number of hydrogen-bond acceptors (Lipinski definition) is 3. The van der Waals surface area contributed by atoms with E-state index >= 15 is 0 Å². The minimum atomic E-state index is -0.722. The zero-order chi connectivity index (χ0) is 15.3. The lowest BCUT2D eigenvalue weighted by molar-refractivity contribution is -0.136. The van der Waals surface area contributed by atoms with Crippen LogP contribution in [0.15, 0.2) is 10.5 Å². The number of rotatable bonds is 1. The second kappa shape index (κ2) is 4.91. The zero-order valence-corrected chi connectivity index (χ0v) is 12.8. The molecule has 21 heavy (non-hydrogen) atoms. The summed E-state index contributed by atoms with van der Waals surface area (Å²) in [5.74, 6) is -1.67. The number of halogens is 2. The van der Waals surface area contributed by atoms with E-state index in [1.165, 1.54) is 4.90 Å². The van der Waals surface area contributed by atoms with Crippen molar-refractivity contribution in [1.82, 2.24) is 10.2 Å². The van der Waals surface area contributed by atoms with Gasteiger partial charge >= 0.3 is 0 Å². The molecular weight excluding hydrogens is 343 g/mol. The number of nitrogens with one attached hydrogen (secondary N) is 1. The van der Waals surface area contributed by atoms with Crippen molar-refractivity contribution in [3.8, 4) is 0 Å². The predicted molar refractivity (Wildman–Crippen MR) is 74.9 cm³/mol.